The maximum Gasteiger partial charge on any atom is 0.180 e. The van der Waals surface area contributed by atoms with Crippen LogP contribution < -0.4 is 0 Å². The zero-order chi connectivity index (χ0) is 5.28. The lowest BCUT2D eigenvalue weighted by Gasteiger charge is -1.68. The highest BCUT2D eigenvalue weighted by Gasteiger charge is 1.98. The molecule has 0 spiro atoms. The van der Waals surface area contributed by atoms with Crippen LogP contribution in [0.1, 0.15) is 0 Å². The van der Waals surface area contributed by atoms with Gasteiger partial charge in [-0.3, -0.25) is 4.79 Å². The summed E-state index contributed by atoms with van der Waals surface area (Å²) >= 11 is 5.36. The van der Waals surface area contributed by atoms with Crippen LogP contribution in [0.2, 0.25) is 0 Å². The van der Waals surface area contributed by atoms with E-state index in [0.717, 1.165) is 0 Å². The van der Waals surface area contributed by atoms with Crippen molar-refractivity contribution < 1.29 is 4.79 Å². The van der Waals surface area contributed by atoms with Crippen LogP contribution in [0, 0.1) is 0 Å². The molecule has 1 rings (SSSR count). The topological polar surface area (TPSA) is 17.1 Å². The highest BCUT2D eigenvalue weighted by Crippen LogP contribution is 2.08. The Morgan fingerprint density at radius 1 is 1.43 bits per heavy atom. The molecular formula is C5H3ClO. The van der Waals surface area contributed by atoms with Crippen molar-refractivity contribution in [3.05, 3.63) is 23.3 Å². The fraction of sp³-hybridized carbons (Fsp3) is 0. The van der Waals surface area contributed by atoms with Crippen LogP contribution in [0.25, 0.3) is 0 Å². The molecule has 1 nitrogen and oxygen atoms in total. The normalized spacial score (nSPS) is 17.9. The minimum Gasteiger partial charge on any atom is -0.290 e. The van der Waals surface area contributed by atoms with Crippen molar-refractivity contribution in [2.75, 3.05) is 0 Å². The first-order valence-corrected chi connectivity index (χ1v) is 2.26. The number of ketones is 1. The van der Waals surface area contributed by atoms with E-state index in [4.69, 9.17) is 11.6 Å². The molecular weight excluding hydrogens is 112 g/mol. The molecule has 0 aromatic carbocycles. The van der Waals surface area contributed by atoms with Gasteiger partial charge in [0.15, 0.2) is 5.78 Å². The van der Waals surface area contributed by atoms with Gasteiger partial charge in [-0.15, -0.1) is 0 Å². The van der Waals surface area contributed by atoms with Gasteiger partial charge in [-0.2, -0.15) is 0 Å². The van der Waals surface area contributed by atoms with E-state index in [0.29, 0.717) is 5.03 Å². The Morgan fingerprint density at radius 2 is 2.14 bits per heavy atom. The Morgan fingerprint density at radius 3 is 2.29 bits per heavy atom. The quantitative estimate of drug-likeness (QED) is 0.463. The summed E-state index contributed by atoms with van der Waals surface area (Å²) in [5.41, 5.74) is 0. The molecule has 0 saturated carbocycles. The fourth-order valence-electron chi connectivity index (χ4n) is 0.394. The number of carbonyl (C=O) groups is 1. The zero-order valence-corrected chi connectivity index (χ0v) is 4.27. The van der Waals surface area contributed by atoms with Gasteiger partial charge in [-0.1, -0.05) is 11.6 Å². The first kappa shape index (κ1) is 4.60. The Bertz CT molecular complexity index is 155. The average molecular weight is 115 g/mol. The highest BCUT2D eigenvalue weighted by molar-refractivity contribution is 6.34. The molecule has 2 heteroatoms. The number of rotatable bonds is 0. The number of hydrogen-bond acceptors (Lipinski definition) is 1. The van der Waals surface area contributed by atoms with Gasteiger partial charge in [0, 0.05) is 11.1 Å². The van der Waals surface area contributed by atoms with E-state index in [-0.39, 0.29) is 5.78 Å². The lowest BCUT2D eigenvalue weighted by Crippen LogP contribution is -1.75. The largest absolute Gasteiger partial charge is 0.290 e. The summed E-state index contributed by atoms with van der Waals surface area (Å²) in [5, 5.41) is 0.519. The van der Waals surface area contributed by atoms with E-state index >= 15 is 0 Å². The smallest absolute Gasteiger partial charge is 0.180 e. The molecule has 0 heterocycles. The Kier molecular flexibility index (Phi) is 0.988. The predicted octanol–water partition coefficient (Wildman–Crippen LogP) is 1.25. The third kappa shape index (κ3) is 0.904. The van der Waals surface area contributed by atoms with Gasteiger partial charge in [-0.25, -0.2) is 0 Å². The predicted molar refractivity (Wildman–Crippen MR) is 28.1 cm³/mol. The molecule has 0 atom stereocenters. The van der Waals surface area contributed by atoms with E-state index in [1.54, 1.807) is 6.08 Å². The van der Waals surface area contributed by atoms with E-state index in [1.807, 2.05) is 0 Å². The van der Waals surface area contributed by atoms with E-state index in [1.165, 1.54) is 12.2 Å². The van der Waals surface area contributed by atoms with E-state index in [2.05, 4.69) is 0 Å². The zero-order valence-electron chi connectivity index (χ0n) is 3.52. The molecule has 0 unspecified atom stereocenters. The molecule has 1 aliphatic carbocycles. The standard InChI is InChI=1S/C5H3ClO/c6-4-1-2-5(7)3-4/h1-3H. The summed E-state index contributed by atoms with van der Waals surface area (Å²) < 4.78 is 0. The molecule has 0 saturated heterocycles. The second kappa shape index (κ2) is 1.51. The lowest BCUT2D eigenvalue weighted by atomic mass is 10.5. The first-order chi connectivity index (χ1) is 3.29. The van der Waals surface area contributed by atoms with E-state index in [9.17, 15) is 4.79 Å². The minimum atomic E-state index is -0.0231. The van der Waals surface area contributed by atoms with Crippen molar-refractivity contribution >= 4 is 17.4 Å². The first-order valence-electron chi connectivity index (χ1n) is 1.88. The van der Waals surface area contributed by atoms with Crippen molar-refractivity contribution in [1.82, 2.24) is 0 Å². The third-order valence-electron chi connectivity index (χ3n) is 0.687. The summed E-state index contributed by atoms with van der Waals surface area (Å²) in [6.45, 7) is 0. The minimum absolute atomic E-state index is 0.0231. The summed E-state index contributed by atoms with van der Waals surface area (Å²) in [5.74, 6) is -0.0231. The molecule has 1 aliphatic rings. The van der Waals surface area contributed by atoms with Crippen LogP contribution in [0.15, 0.2) is 23.3 Å². The fourth-order valence-corrected chi connectivity index (χ4v) is 0.564. The number of allylic oxidation sites excluding steroid dienone is 4. The maximum atomic E-state index is 10.2. The SMILES string of the molecule is O=C1C=CC(Cl)=C1. The highest BCUT2D eigenvalue weighted by atomic mass is 35.5. The Labute approximate surface area is 46.3 Å². The molecule has 0 aromatic heterocycles. The second-order valence-electron chi connectivity index (χ2n) is 1.26. The van der Waals surface area contributed by atoms with Gasteiger partial charge in [0.1, 0.15) is 0 Å². The number of carbonyl (C=O) groups excluding carboxylic acids is 1. The number of halogens is 1. The molecule has 0 radical (unpaired) electrons. The van der Waals surface area contributed by atoms with Crippen LogP contribution in [-0.4, -0.2) is 5.78 Å². The van der Waals surface area contributed by atoms with Crippen molar-refractivity contribution in [2.24, 2.45) is 0 Å². The molecule has 0 amide bonds. The second-order valence-corrected chi connectivity index (χ2v) is 1.70. The summed E-state index contributed by atoms with van der Waals surface area (Å²) in [6.07, 6.45) is 4.38. The van der Waals surface area contributed by atoms with Crippen LogP contribution in [0.5, 0.6) is 0 Å². The molecule has 36 valence electrons. The van der Waals surface area contributed by atoms with Gasteiger partial charge in [-0.05, 0) is 12.2 Å². The van der Waals surface area contributed by atoms with Crippen molar-refractivity contribution in [3.8, 4) is 0 Å². The molecule has 0 bridgehead atoms. The molecule has 0 N–H and O–H groups in total. The Hall–Kier alpha value is -0.560. The van der Waals surface area contributed by atoms with Crippen molar-refractivity contribution in [1.29, 1.82) is 0 Å². The summed E-state index contributed by atoms with van der Waals surface area (Å²) in [6, 6.07) is 0. The van der Waals surface area contributed by atoms with Crippen LogP contribution in [0.4, 0.5) is 0 Å². The molecule has 7 heavy (non-hydrogen) atoms. The average Bonchev–Trinajstić information content (AvgIpc) is 1.87. The van der Waals surface area contributed by atoms with Crippen LogP contribution in [-0.2, 0) is 4.79 Å². The third-order valence-corrected chi connectivity index (χ3v) is 0.922. The van der Waals surface area contributed by atoms with Gasteiger partial charge >= 0.3 is 0 Å². The summed E-state index contributed by atoms with van der Waals surface area (Å²) in [4.78, 5) is 10.2. The summed E-state index contributed by atoms with van der Waals surface area (Å²) in [7, 11) is 0. The van der Waals surface area contributed by atoms with Crippen LogP contribution >= 0.6 is 11.6 Å². The van der Waals surface area contributed by atoms with Crippen molar-refractivity contribution in [3.63, 3.8) is 0 Å². The van der Waals surface area contributed by atoms with Gasteiger partial charge in [0.2, 0.25) is 0 Å². The van der Waals surface area contributed by atoms with Gasteiger partial charge < -0.3 is 0 Å². The van der Waals surface area contributed by atoms with Gasteiger partial charge in [0.05, 0.1) is 0 Å². The van der Waals surface area contributed by atoms with Crippen molar-refractivity contribution in [2.45, 2.75) is 0 Å². The lowest BCUT2D eigenvalue weighted by molar-refractivity contribution is -0.110. The molecule has 0 aromatic rings. The van der Waals surface area contributed by atoms with E-state index < -0.39 is 0 Å². The molecule has 0 fully saturated rings. The van der Waals surface area contributed by atoms with Gasteiger partial charge in [0.25, 0.3) is 0 Å². The maximum absolute atomic E-state index is 10.2. The monoisotopic (exact) mass is 114 g/mol. The van der Waals surface area contributed by atoms with Crippen LogP contribution in [0.3, 0.4) is 0 Å². The Balaban J connectivity index is 2.88. The molecule has 0 aliphatic heterocycles. The number of hydrogen-bond donors (Lipinski definition) is 0.